The van der Waals surface area contributed by atoms with E-state index in [0.717, 1.165) is 48.7 Å². The van der Waals surface area contributed by atoms with Crippen LogP contribution in [0.3, 0.4) is 0 Å². The molecular weight excluding hydrogens is 266 g/mol. The summed E-state index contributed by atoms with van der Waals surface area (Å²) in [5, 5.41) is 12.2. The summed E-state index contributed by atoms with van der Waals surface area (Å²) < 4.78 is 7.35. The van der Waals surface area contributed by atoms with Gasteiger partial charge in [0.2, 0.25) is 0 Å². The van der Waals surface area contributed by atoms with E-state index in [1.165, 1.54) is 0 Å². The standard InChI is InChI=1S/C15H21N5O/c1-10-3-4-13(9-14(10)16)15-17-18-19-20(15)11(2)12-5-7-21-8-6-12/h3-4,9,11-12H,5-8,16H2,1-2H3. The summed E-state index contributed by atoms with van der Waals surface area (Å²) in [6.07, 6.45) is 2.10. The number of aromatic nitrogens is 4. The molecule has 2 aromatic rings. The number of benzene rings is 1. The van der Waals surface area contributed by atoms with Crippen molar-refractivity contribution in [2.24, 2.45) is 5.92 Å². The molecule has 0 spiro atoms. The second-order valence-electron chi connectivity index (χ2n) is 5.71. The lowest BCUT2D eigenvalue weighted by Gasteiger charge is -2.28. The number of nitrogens with two attached hydrogens (primary N) is 1. The number of nitrogen functional groups attached to an aromatic ring is 1. The smallest absolute Gasteiger partial charge is 0.182 e. The molecule has 1 unspecified atom stereocenters. The molecule has 1 aromatic carbocycles. The van der Waals surface area contributed by atoms with Gasteiger partial charge in [-0.2, -0.15) is 0 Å². The lowest BCUT2D eigenvalue weighted by Crippen LogP contribution is -2.25. The van der Waals surface area contributed by atoms with Crippen molar-refractivity contribution in [2.45, 2.75) is 32.7 Å². The molecule has 3 rings (SSSR count). The number of tetrazole rings is 1. The summed E-state index contributed by atoms with van der Waals surface area (Å²) in [5.74, 6) is 1.32. The third-order valence-corrected chi connectivity index (χ3v) is 4.36. The second-order valence-corrected chi connectivity index (χ2v) is 5.71. The van der Waals surface area contributed by atoms with Crippen LogP contribution in [0.2, 0.25) is 0 Å². The van der Waals surface area contributed by atoms with Crippen molar-refractivity contribution in [3.8, 4) is 11.4 Å². The van der Waals surface area contributed by atoms with Gasteiger partial charge in [0.15, 0.2) is 5.82 Å². The first-order chi connectivity index (χ1) is 10.2. The van der Waals surface area contributed by atoms with Gasteiger partial charge in [0.05, 0.1) is 6.04 Å². The molecule has 1 fully saturated rings. The molecule has 2 N–H and O–H groups in total. The molecule has 1 saturated heterocycles. The van der Waals surface area contributed by atoms with Gasteiger partial charge in [0, 0.05) is 24.5 Å². The molecule has 0 radical (unpaired) electrons. The van der Waals surface area contributed by atoms with Crippen LogP contribution in [-0.4, -0.2) is 33.4 Å². The molecule has 0 saturated carbocycles. The molecule has 1 aromatic heterocycles. The van der Waals surface area contributed by atoms with E-state index in [4.69, 9.17) is 10.5 Å². The fourth-order valence-corrected chi connectivity index (χ4v) is 2.84. The van der Waals surface area contributed by atoms with Gasteiger partial charge >= 0.3 is 0 Å². The van der Waals surface area contributed by atoms with Crippen molar-refractivity contribution in [3.63, 3.8) is 0 Å². The Morgan fingerprint density at radius 1 is 1.33 bits per heavy atom. The fourth-order valence-electron chi connectivity index (χ4n) is 2.84. The summed E-state index contributed by atoms with van der Waals surface area (Å²) >= 11 is 0. The van der Waals surface area contributed by atoms with Crippen molar-refractivity contribution in [3.05, 3.63) is 23.8 Å². The maximum atomic E-state index is 6.00. The van der Waals surface area contributed by atoms with Crippen LogP contribution in [0.5, 0.6) is 0 Å². The van der Waals surface area contributed by atoms with E-state index in [1.54, 1.807) is 0 Å². The van der Waals surface area contributed by atoms with Crippen LogP contribution in [-0.2, 0) is 4.74 Å². The zero-order valence-corrected chi connectivity index (χ0v) is 12.5. The average molecular weight is 287 g/mol. The molecule has 0 aliphatic carbocycles. The normalized spacial score (nSPS) is 17.8. The largest absolute Gasteiger partial charge is 0.398 e. The fraction of sp³-hybridized carbons (Fsp3) is 0.533. The predicted molar refractivity (Wildman–Crippen MR) is 80.7 cm³/mol. The Bertz CT molecular complexity index is 618. The van der Waals surface area contributed by atoms with Gasteiger partial charge in [-0.15, -0.1) is 5.10 Å². The quantitative estimate of drug-likeness (QED) is 0.876. The highest BCUT2D eigenvalue weighted by atomic mass is 16.5. The van der Waals surface area contributed by atoms with Crippen LogP contribution in [0.25, 0.3) is 11.4 Å². The van der Waals surface area contributed by atoms with E-state index in [9.17, 15) is 0 Å². The van der Waals surface area contributed by atoms with Crippen molar-refractivity contribution in [2.75, 3.05) is 18.9 Å². The first kappa shape index (κ1) is 14.0. The van der Waals surface area contributed by atoms with Crippen LogP contribution >= 0.6 is 0 Å². The zero-order chi connectivity index (χ0) is 14.8. The maximum absolute atomic E-state index is 6.00. The van der Waals surface area contributed by atoms with Gasteiger partial charge in [-0.1, -0.05) is 12.1 Å². The minimum Gasteiger partial charge on any atom is -0.398 e. The van der Waals surface area contributed by atoms with Crippen LogP contribution in [0.15, 0.2) is 18.2 Å². The Morgan fingerprint density at radius 2 is 2.10 bits per heavy atom. The van der Waals surface area contributed by atoms with E-state index in [-0.39, 0.29) is 6.04 Å². The van der Waals surface area contributed by atoms with Gasteiger partial charge in [-0.25, -0.2) is 4.68 Å². The molecule has 6 heteroatoms. The molecule has 6 nitrogen and oxygen atoms in total. The minimum atomic E-state index is 0.251. The van der Waals surface area contributed by atoms with Gasteiger partial charge in [0.1, 0.15) is 0 Å². The molecule has 0 amide bonds. The van der Waals surface area contributed by atoms with Crippen molar-refractivity contribution < 1.29 is 4.74 Å². The number of nitrogens with zero attached hydrogens (tertiary/aromatic N) is 4. The van der Waals surface area contributed by atoms with Crippen molar-refractivity contribution in [1.29, 1.82) is 0 Å². The Hall–Kier alpha value is -1.95. The third kappa shape index (κ3) is 2.76. The van der Waals surface area contributed by atoms with E-state index < -0.39 is 0 Å². The second kappa shape index (κ2) is 5.81. The zero-order valence-electron chi connectivity index (χ0n) is 12.5. The highest BCUT2D eigenvalue weighted by Gasteiger charge is 2.25. The highest BCUT2D eigenvalue weighted by Crippen LogP contribution is 2.30. The molecule has 112 valence electrons. The van der Waals surface area contributed by atoms with Gasteiger partial charge in [-0.3, -0.25) is 0 Å². The maximum Gasteiger partial charge on any atom is 0.182 e. The summed E-state index contributed by atoms with van der Waals surface area (Å²) in [6, 6.07) is 6.21. The van der Waals surface area contributed by atoms with E-state index in [1.807, 2.05) is 29.8 Å². The van der Waals surface area contributed by atoms with Crippen LogP contribution in [0.1, 0.15) is 31.4 Å². The van der Waals surface area contributed by atoms with Crippen LogP contribution < -0.4 is 5.73 Å². The first-order valence-electron chi connectivity index (χ1n) is 7.39. The number of ether oxygens (including phenoxy) is 1. The molecular formula is C15H21N5O. The monoisotopic (exact) mass is 287 g/mol. The number of hydrogen-bond donors (Lipinski definition) is 1. The molecule has 1 aliphatic rings. The number of aryl methyl sites for hydroxylation is 1. The molecule has 1 aliphatic heterocycles. The molecule has 2 heterocycles. The Balaban J connectivity index is 1.90. The topological polar surface area (TPSA) is 78.8 Å². The minimum absolute atomic E-state index is 0.251. The van der Waals surface area contributed by atoms with Crippen molar-refractivity contribution >= 4 is 5.69 Å². The van der Waals surface area contributed by atoms with Gasteiger partial charge < -0.3 is 10.5 Å². The van der Waals surface area contributed by atoms with Gasteiger partial charge in [0.25, 0.3) is 0 Å². The lowest BCUT2D eigenvalue weighted by atomic mass is 9.93. The molecule has 1 atom stereocenters. The van der Waals surface area contributed by atoms with Gasteiger partial charge in [-0.05, 0) is 54.7 Å². The Labute approximate surface area is 124 Å². The van der Waals surface area contributed by atoms with Crippen LogP contribution in [0, 0.1) is 12.8 Å². The van der Waals surface area contributed by atoms with E-state index >= 15 is 0 Å². The first-order valence-corrected chi connectivity index (χ1v) is 7.39. The Morgan fingerprint density at radius 3 is 2.81 bits per heavy atom. The SMILES string of the molecule is Cc1ccc(-c2nnnn2C(C)C2CCOCC2)cc1N. The van der Waals surface area contributed by atoms with Crippen molar-refractivity contribution in [1.82, 2.24) is 20.2 Å². The summed E-state index contributed by atoms with van der Waals surface area (Å²) in [6.45, 7) is 5.81. The average Bonchev–Trinajstić information content (AvgIpc) is 2.99. The van der Waals surface area contributed by atoms with Crippen LogP contribution in [0.4, 0.5) is 5.69 Å². The molecule has 21 heavy (non-hydrogen) atoms. The van der Waals surface area contributed by atoms with E-state index in [0.29, 0.717) is 5.92 Å². The highest BCUT2D eigenvalue weighted by molar-refractivity contribution is 5.63. The number of hydrogen-bond acceptors (Lipinski definition) is 5. The van der Waals surface area contributed by atoms with E-state index in [2.05, 4.69) is 22.4 Å². The summed E-state index contributed by atoms with van der Waals surface area (Å²) in [5.41, 5.74) is 8.79. The Kier molecular flexibility index (Phi) is 3.88. The summed E-state index contributed by atoms with van der Waals surface area (Å²) in [4.78, 5) is 0. The number of anilines is 1. The predicted octanol–water partition coefficient (Wildman–Crippen LogP) is 2.22. The summed E-state index contributed by atoms with van der Waals surface area (Å²) in [7, 11) is 0. The lowest BCUT2D eigenvalue weighted by molar-refractivity contribution is 0.0495. The molecule has 0 bridgehead atoms. The number of rotatable bonds is 3. The third-order valence-electron chi connectivity index (χ3n) is 4.36.